The van der Waals surface area contributed by atoms with Crippen LogP contribution >= 0.6 is 0 Å². The number of amides is 1. The lowest BCUT2D eigenvalue weighted by atomic mass is 10.2. The topological polar surface area (TPSA) is 32.3 Å². The number of fused-ring (bicyclic) bond motifs is 1. The second-order valence-corrected chi connectivity index (χ2v) is 4.01. The van der Waals surface area contributed by atoms with Crippen LogP contribution in [-0.4, -0.2) is 5.91 Å². The zero-order chi connectivity index (χ0) is 11.7. The average molecular weight is 224 g/mol. The molecule has 1 heterocycles. The summed E-state index contributed by atoms with van der Waals surface area (Å²) in [5.74, 6) is 0.0788. The molecule has 1 N–H and O–H groups in total. The first-order valence-electron chi connectivity index (χ1n) is 5.57. The number of hydrogen-bond acceptors (Lipinski definition) is 2. The maximum absolute atomic E-state index is 11.9. The molecule has 0 spiro atoms. The molecule has 0 bridgehead atoms. The van der Waals surface area contributed by atoms with E-state index in [0.29, 0.717) is 6.42 Å². The number of hydrogen-bond donors (Lipinski definition) is 1. The Morgan fingerprint density at radius 2 is 1.65 bits per heavy atom. The summed E-state index contributed by atoms with van der Waals surface area (Å²) in [6.07, 6.45) is 0.468. The number of para-hydroxylation sites is 2. The van der Waals surface area contributed by atoms with E-state index in [-0.39, 0.29) is 5.91 Å². The number of rotatable bonds is 2. The van der Waals surface area contributed by atoms with Crippen LogP contribution in [0.15, 0.2) is 54.6 Å². The second-order valence-electron chi connectivity index (χ2n) is 4.01. The number of nitrogens with zero attached hydrogens (tertiary/aromatic N) is 1. The summed E-state index contributed by atoms with van der Waals surface area (Å²) in [6, 6.07) is 17.5. The summed E-state index contributed by atoms with van der Waals surface area (Å²) in [7, 11) is 0. The Kier molecular flexibility index (Phi) is 2.29. The van der Waals surface area contributed by atoms with Crippen LogP contribution in [0.5, 0.6) is 0 Å². The molecule has 3 rings (SSSR count). The molecule has 2 aromatic rings. The highest BCUT2D eigenvalue weighted by molar-refractivity contribution is 6.02. The molecule has 2 aromatic carbocycles. The molecule has 0 atom stereocenters. The van der Waals surface area contributed by atoms with Crippen molar-refractivity contribution in [3.05, 3.63) is 60.2 Å². The van der Waals surface area contributed by atoms with Gasteiger partial charge >= 0.3 is 0 Å². The highest BCUT2D eigenvalue weighted by Gasteiger charge is 2.26. The van der Waals surface area contributed by atoms with Gasteiger partial charge in [0.25, 0.3) is 0 Å². The molecular weight excluding hydrogens is 212 g/mol. The molecule has 0 radical (unpaired) electrons. The normalized spacial score (nSPS) is 13.6. The largest absolute Gasteiger partial charge is 0.291 e. The van der Waals surface area contributed by atoms with E-state index in [1.54, 1.807) is 5.01 Å². The lowest BCUT2D eigenvalue weighted by molar-refractivity contribution is -0.117. The van der Waals surface area contributed by atoms with Gasteiger partial charge in [-0.15, -0.1) is 0 Å². The molecule has 1 amide bonds. The number of hydrazine groups is 1. The van der Waals surface area contributed by atoms with Gasteiger partial charge in [0.05, 0.1) is 17.8 Å². The Hall–Kier alpha value is -2.29. The summed E-state index contributed by atoms with van der Waals surface area (Å²) in [5, 5.41) is 1.62. The molecule has 3 nitrogen and oxygen atoms in total. The quantitative estimate of drug-likeness (QED) is 0.850. The predicted molar refractivity (Wildman–Crippen MR) is 67.7 cm³/mol. The van der Waals surface area contributed by atoms with Gasteiger partial charge in [-0.2, -0.15) is 0 Å². The van der Waals surface area contributed by atoms with Gasteiger partial charge in [-0.3, -0.25) is 10.2 Å². The van der Waals surface area contributed by atoms with E-state index < -0.39 is 0 Å². The standard InChI is InChI=1S/C14H12N2O/c17-14-10-11-6-4-5-9-13(11)16(14)15-12-7-2-1-3-8-12/h1-9,15H,10H2. The first kappa shape index (κ1) is 9.90. The van der Waals surface area contributed by atoms with Crippen LogP contribution in [0.25, 0.3) is 0 Å². The molecule has 0 saturated heterocycles. The van der Waals surface area contributed by atoms with Crippen LogP contribution in [0.3, 0.4) is 0 Å². The predicted octanol–water partition coefficient (Wildman–Crippen LogP) is 2.60. The smallest absolute Gasteiger partial charge is 0.250 e. The fraction of sp³-hybridized carbons (Fsp3) is 0.0714. The molecule has 1 aliphatic rings. The third-order valence-electron chi connectivity index (χ3n) is 2.84. The maximum atomic E-state index is 11.9. The van der Waals surface area contributed by atoms with Crippen molar-refractivity contribution in [2.45, 2.75) is 6.42 Å². The highest BCUT2D eigenvalue weighted by Crippen LogP contribution is 2.28. The van der Waals surface area contributed by atoms with Crippen molar-refractivity contribution in [2.24, 2.45) is 0 Å². The Balaban J connectivity index is 1.92. The highest BCUT2D eigenvalue weighted by atomic mass is 16.2. The van der Waals surface area contributed by atoms with E-state index in [2.05, 4.69) is 5.43 Å². The van der Waals surface area contributed by atoms with Crippen LogP contribution in [0.2, 0.25) is 0 Å². The van der Waals surface area contributed by atoms with E-state index >= 15 is 0 Å². The molecule has 0 unspecified atom stereocenters. The molecule has 1 aliphatic heterocycles. The van der Waals surface area contributed by atoms with Crippen LogP contribution in [0.4, 0.5) is 11.4 Å². The van der Waals surface area contributed by atoms with E-state index in [0.717, 1.165) is 16.9 Å². The number of anilines is 2. The Bertz CT molecular complexity index is 551. The van der Waals surface area contributed by atoms with Gasteiger partial charge in [-0.25, -0.2) is 5.01 Å². The number of carbonyl (C=O) groups is 1. The van der Waals surface area contributed by atoms with E-state index in [1.807, 2.05) is 54.6 Å². The van der Waals surface area contributed by atoms with Crippen molar-refractivity contribution in [1.29, 1.82) is 0 Å². The van der Waals surface area contributed by atoms with Crippen molar-refractivity contribution in [3.8, 4) is 0 Å². The second kappa shape index (κ2) is 3.94. The summed E-state index contributed by atoms with van der Waals surface area (Å²) in [4.78, 5) is 11.9. The fourth-order valence-electron chi connectivity index (χ4n) is 2.02. The summed E-state index contributed by atoms with van der Waals surface area (Å²) in [5.41, 5.74) is 6.06. The molecule has 3 heteroatoms. The van der Waals surface area contributed by atoms with Crippen molar-refractivity contribution in [1.82, 2.24) is 0 Å². The van der Waals surface area contributed by atoms with E-state index in [9.17, 15) is 4.79 Å². The first-order valence-corrected chi connectivity index (χ1v) is 5.57. The number of nitrogens with one attached hydrogen (secondary N) is 1. The lowest BCUT2D eigenvalue weighted by Gasteiger charge is -2.19. The van der Waals surface area contributed by atoms with Gasteiger partial charge in [0.15, 0.2) is 0 Å². The zero-order valence-electron chi connectivity index (χ0n) is 9.26. The van der Waals surface area contributed by atoms with Gasteiger partial charge in [0.1, 0.15) is 0 Å². The van der Waals surface area contributed by atoms with E-state index in [1.165, 1.54) is 0 Å². The Morgan fingerprint density at radius 1 is 0.941 bits per heavy atom. The SMILES string of the molecule is O=C1Cc2ccccc2N1Nc1ccccc1. The van der Waals surface area contributed by atoms with Gasteiger partial charge in [0.2, 0.25) is 5.91 Å². The third-order valence-corrected chi connectivity index (χ3v) is 2.84. The average Bonchev–Trinajstić information content (AvgIpc) is 2.68. The summed E-state index contributed by atoms with van der Waals surface area (Å²) in [6.45, 7) is 0. The number of carbonyl (C=O) groups excluding carboxylic acids is 1. The van der Waals surface area contributed by atoms with Crippen LogP contribution in [0.1, 0.15) is 5.56 Å². The third kappa shape index (κ3) is 1.76. The van der Waals surface area contributed by atoms with Crippen LogP contribution < -0.4 is 10.4 Å². The van der Waals surface area contributed by atoms with Crippen LogP contribution in [0, 0.1) is 0 Å². The van der Waals surface area contributed by atoms with Crippen molar-refractivity contribution in [2.75, 3.05) is 10.4 Å². The number of benzene rings is 2. The molecule has 0 aromatic heterocycles. The molecule has 0 fully saturated rings. The van der Waals surface area contributed by atoms with E-state index in [4.69, 9.17) is 0 Å². The molecule has 0 aliphatic carbocycles. The maximum Gasteiger partial charge on any atom is 0.250 e. The zero-order valence-corrected chi connectivity index (χ0v) is 9.26. The summed E-state index contributed by atoms with van der Waals surface area (Å²) >= 11 is 0. The van der Waals surface area contributed by atoms with Crippen molar-refractivity contribution < 1.29 is 4.79 Å². The minimum Gasteiger partial charge on any atom is -0.291 e. The van der Waals surface area contributed by atoms with Gasteiger partial charge in [-0.05, 0) is 23.8 Å². The minimum absolute atomic E-state index is 0.0788. The monoisotopic (exact) mass is 224 g/mol. The Labute approximate surface area is 99.7 Å². The Morgan fingerprint density at radius 3 is 2.47 bits per heavy atom. The first-order chi connectivity index (χ1) is 8.34. The van der Waals surface area contributed by atoms with Crippen molar-refractivity contribution >= 4 is 17.3 Å². The molecule has 17 heavy (non-hydrogen) atoms. The van der Waals surface area contributed by atoms with Gasteiger partial charge in [0, 0.05) is 0 Å². The molecule has 84 valence electrons. The lowest BCUT2D eigenvalue weighted by Crippen LogP contribution is -2.32. The van der Waals surface area contributed by atoms with Crippen molar-refractivity contribution in [3.63, 3.8) is 0 Å². The molecular formula is C14H12N2O. The summed E-state index contributed by atoms with van der Waals surface area (Å²) < 4.78 is 0. The van der Waals surface area contributed by atoms with Crippen LogP contribution in [-0.2, 0) is 11.2 Å². The van der Waals surface area contributed by atoms with Gasteiger partial charge in [-0.1, -0.05) is 36.4 Å². The van der Waals surface area contributed by atoms with Gasteiger partial charge < -0.3 is 0 Å². The molecule has 0 saturated carbocycles. The minimum atomic E-state index is 0.0788. The fourth-order valence-corrected chi connectivity index (χ4v) is 2.02.